The van der Waals surface area contributed by atoms with Crippen LogP contribution in [0.1, 0.15) is 41.4 Å². The van der Waals surface area contributed by atoms with Crippen LogP contribution >= 0.6 is 0 Å². The number of methoxy groups -OCH3 is 4. The Kier molecular flexibility index (Phi) is 6.16. The molecule has 0 amide bonds. The van der Waals surface area contributed by atoms with E-state index >= 15 is 0 Å². The second-order valence-corrected chi connectivity index (χ2v) is 8.50. The van der Waals surface area contributed by atoms with Crippen LogP contribution in [0.4, 0.5) is 0 Å². The number of hydrogen-bond donors (Lipinski definition) is 0. The molecule has 38 heavy (non-hydrogen) atoms. The minimum absolute atomic E-state index is 0.221. The van der Waals surface area contributed by atoms with E-state index in [1.807, 2.05) is 48.5 Å². The Balaban J connectivity index is 2.16. The van der Waals surface area contributed by atoms with Crippen molar-refractivity contribution in [2.75, 3.05) is 28.4 Å². The van der Waals surface area contributed by atoms with Crippen LogP contribution in [0.25, 0.3) is 43.1 Å². The van der Waals surface area contributed by atoms with Gasteiger partial charge in [0, 0.05) is 0 Å². The lowest BCUT2D eigenvalue weighted by Crippen LogP contribution is -2.23. The van der Waals surface area contributed by atoms with Gasteiger partial charge in [0.25, 0.3) is 0 Å². The lowest BCUT2D eigenvalue weighted by atomic mass is 9.85. The van der Waals surface area contributed by atoms with E-state index in [1.165, 1.54) is 0 Å². The maximum Gasteiger partial charge on any atom is 0.339 e. The molecule has 190 valence electrons. The lowest BCUT2D eigenvalue weighted by molar-refractivity contribution is 0.0523. The molecular weight excluding hydrogens is 488 g/mol. The zero-order valence-electron chi connectivity index (χ0n) is 21.0. The second-order valence-electron chi connectivity index (χ2n) is 8.50. The van der Waals surface area contributed by atoms with Gasteiger partial charge < -0.3 is 18.9 Å². The van der Waals surface area contributed by atoms with E-state index in [1.54, 1.807) is 12.1 Å². The zero-order chi connectivity index (χ0) is 27.1. The number of ether oxygens (including phenoxy) is 4. The third kappa shape index (κ3) is 3.53. The molecule has 0 spiro atoms. The zero-order valence-corrected chi connectivity index (χ0v) is 21.0. The maximum atomic E-state index is 13.2. The summed E-state index contributed by atoms with van der Waals surface area (Å²) in [5.74, 6) is -3.80. The van der Waals surface area contributed by atoms with Gasteiger partial charge in [-0.15, -0.1) is 0 Å². The summed E-state index contributed by atoms with van der Waals surface area (Å²) in [6.07, 6.45) is 0. The van der Waals surface area contributed by atoms with E-state index in [0.29, 0.717) is 0 Å². The van der Waals surface area contributed by atoms with E-state index in [2.05, 4.69) is 0 Å². The first-order valence-corrected chi connectivity index (χ1v) is 11.6. The van der Waals surface area contributed by atoms with E-state index in [9.17, 15) is 19.2 Å². The molecule has 0 heterocycles. The van der Waals surface area contributed by atoms with Gasteiger partial charge in [-0.1, -0.05) is 48.5 Å². The standard InChI is InChI=1S/C30H22O8/c1-35-27(31)23-21-13-19-17-11-7-5-9-15(17)16-10-6-8-12-18(16)20(19)14-22(21)24(28(32)36-2)26(30(34)38-4)25(23)29(33)37-3/h5-14H,1-4H3. The number of hydrogen-bond acceptors (Lipinski definition) is 8. The van der Waals surface area contributed by atoms with Crippen LogP contribution < -0.4 is 0 Å². The van der Waals surface area contributed by atoms with Crippen LogP contribution in [-0.4, -0.2) is 52.3 Å². The van der Waals surface area contributed by atoms with E-state index in [-0.39, 0.29) is 21.9 Å². The van der Waals surface area contributed by atoms with Gasteiger partial charge >= 0.3 is 23.9 Å². The minimum Gasteiger partial charge on any atom is -0.465 e. The highest BCUT2D eigenvalue weighted by Gasteiger charge is 2.35. The smallest absolute Gasteiger partial charge is 0.339 e. The summed E-state index contributed by atoms with van der Waals surface area (Å²) >= 11 is 0. The van der Waals surface area contributed by atoms with Gasteiger partial charge in [-0.25, -0.2) is 19.2 Å². The molecule has 5 rings (SSSR count). The predicted molar refractivity (Wildman–Crippen MR) is 142 cm³/mol. The summed E-state index contributed by atoms with van der Waals surface area (Å²) in [6, 6.07) is 19.1. The fraction of sp³-hybridized carbons (Fsp3) is 0.133. The van der Waals surface area contributed by atoms with Crippen molar-refractivity contribution in [3.63, 3.8) is 0 Å². The highest BCUT2D eigenvalue weighted by atomic mass is 16.5. The predicted octanol–water partition coefficient (Wildman–Crippen LogP) is 5.45. The molecule has 0 saturated heterocycles. The number of carbonyl (C=O) groups is 4. The normalized spacial score (nSPS) is 11.1. The quantitative estimate of drug-likeness (QED) is 0.136. The van der Waals surface area contributed by atoms with Crippen molar-refractivity contribution in [3.05, 3.63) is 82.9 Å². The van der Waals surface area contributed by atoms with Crippen molar-refractivity contribution >= 4 is 67.0 Å². The first-order chi connectivity index (χ1) is 18.4. The molecule has 8 nitrogen and oxygen atoms in total. The van der Waals surface area contributed by atoms with Crippen LogP contribution in [0.3, 0.4) is 0 Å². The van der Waals surface area contributed by atoms with Gasteiger partial charge in [-0.2, -0.15) is 0 Å². The first-order valence-electron chi connectivity index (χ1n) is 11.6. The molecule has 0 radical (unpaired) electrons. The number of rotatable bonds is 4. The Bertz CT molecular complexity index is 1700. The number of fused-ring (bicyclic) bond motifs is 7. The molecule has 0 N–H and O–H groups in total. The van der Waals surface area contributed by atoms with Crippen molar-refractivity contribution < 1.29 is 38.1 Å². The molecule has 0 atom stereocenters. The third-order valence-corrected chi connectivity index (χ3v) is 6.73. The summed E-state index contributed by atoms with van der Waals surface area (Å²) in [5.41, 5.74) is -1.32. The van der Waals surface area contributed by atoms with Gasteiger partial charge in [0.2, 0.25) is 0 Å². The molecule has 5 aromatic rings. The Morgan fingerprint density at radius 3 is 0.947 bits per heavy atom. The molecule has 0 unspecified atom stereocenters. The SMILES string of the molecule is COC(=O)c1c(C(=O)OC)c(C(=O)OC)c2cc3c4ccccc4c4ccccc4c3cc2c1C(=O)OC. The van der Waals surface area contributed by atoms with Gasteiger partial charge in [0.15, 0.2) is 0 Å². The average Bonchev–Trinajstić information content (AvgIpc) is 2.97. The van der Waals surface area contributed by atoms with Gasteiger partial charge in [0.05, 0.1) is 50.7 Å². The fourth-order valence-corrected chi connectivity index (χ4v) is 5.12. The Morgan fingerprint density at radius 1 is 0.395 bits per heavy atom. The summed E-state index contributed by atoms with van der Waals surface area (Å²) in [7, 11) is 4.52. The summed E-state index contributed by atoms with van der Waals surface area (Å²) in [6.45, 7) is 0. The Morgan fingerprint density at radius 2 is 0.658 bits per heavy atom. The van der Waals surface area contributed by atoms with Crippen molar-refractivity contribution in [3.8, 4) is 0 Å². The summed E-state index contributed by atoms with van der Waals surface area (Å²) in [5, 5.41) is 5.76. The highest BCUT2D eigenvalue weighted by Crippen LogP contribution is 2.41. The second kappa shape index (κ2) is 9.48. The van der Waals surface area contributed by atoms with Crippen molar-refractivity contribution in [2.45, 2.75) is 0 Å². The van der Waals surface area contributed by atoms with Crippen LogP contribution in [0.15, 0.2) is 60.7 Å². The first kappa shape index (κ1) is 24.7. The van der Waals surface area contributed by atoms with Crippen molar-refractivity contribution in [2.24, 2.45) is 0 Å². The van der Waals surface area contributed by atoms with Crippen LogP contribution in [0.2, 0.25) is 0 Å². The Hall–Kier alpha value is -4.98. The molecule has 8 heteroatoms. The largest absolute Gasteiger partial charge is 0.465 e. The number of benzene rings is 5. The molecule has 5 aromatic carbocycles. The van der Waals surface area contributed by atoms with Crippen LogP contribution in [0, 0.1) is 0 Å². The van der Waals surface area contributed by atoms with Gasteiger partial charge in [0.1, 0.15) is 0 Å². The van der Waals surface area contributed by atoms with Crippen LogP contribution in [0.5, 0.6) is 0 Å². The minimum atomic E-state index is -1.01. The highest BCUT2D eigenvalue weighted by molar-refractivity contribution is 6.31. The number of esters is 4. The van der Waals surface area contributed by atoms with E-state index < -0.39 is 35.0 Å². The molecular formula is C30H22O8. The lowest BCUT2D eigenvalue weighted by Gasteiger charge is -2.19. The van der Waals surface area contributed by atoms with E-state index in [4.69, 9.17) is 18.9 Å². The summed E-state index contributed by atoms with van der Waals surface area (Å²) in [4.78, 5) is 52.5. The molecule has 0 aliphatic heterocycles. The van der Waals surface area contributed by atoms with E-state index in [0.717, 1.165) is 60.8 Å². The monoisotopic (exact) mass is 510 g/mol. The molecule has 0 fully saturated rings. The molecule has 0 bridgehead atoms. The van der Waals surface area contributed by atoms with Gasteiger partial charge in [-0.05, 0) is 55.2 Å². The Labute approximate surface area is 216 Å². The molecule has 0 aliphatic rings. The average molecular weight is 510 g/mol. The van der Waals surface area contributed by atoms with Crippen molar-refractivity contribution in [1.29, 1.82) is 0 Å². The molecule has 0 aromatic heterocycles. The maximum absolute atomic E-state index is 13.2. The van der Waals surface area contributed by atoms with Crippen LogP contribution in [-0.2, 0) is 18.9 Å². The van der Waals surface area contributed by atoms with Crippen molar-refractivity contribution in [1.82, 2.24) is 0 Å². The topological polar surface area (TPSA) is 105 Å². The third-order valence-electron chi connectivity index (χ3n) is 6.73. The summed E-state index contributed by atoms with van der Waals surface area (Å²) < 4.78 is 19.9. The van der Waals surface area contributed by atoms with Gasteiger partial charge in [-0.3, -0.25) is 0 Å². The fourth-order valence-electron chi connectivity index (χ4n) is 5.12. The number of carbonyl (C=O) groups excluding carboxylic acids is 4. The molecule has 0 saturated carbocycles. The molecule has 0 aliphatic carbocycles.